The Bertz CT molecular complexity index is 980. The summed E-state index contributed by atoms with van der Waals surface area (Å²) >= 11 is 0. The molecule has 0 unspecified atom stereocenters. The van der Waals surface area contributed by atoms with Crippen molar-refractivity contribution >= 4 is 23.3 Å². The Balaban J connectivity index is 1.67. The van der Waals surface area contributed by atoms with Crippen LogP contribution in [0.2, 0.25) is 0 Å². The van der Waals surface area contributed by atoms with Gasteiger partial charge in [-0.05, 0) is 31.2 Å². The molecular formula is C19H20N6O3. The van der Waals surface area contributed by atoms with Gasteiger partial charge >= 0.3 is 5.97 Å². The Morgan fingerprint density at radius 1 is 1.18 bits per heavy atom. The number of carboxylic acid groups (broad SMARTS) is 1. The number of imidazole rings is 1. The van der Waals surface area contributed by atoms with Crippen LogP contribution in [-0.2, 0) is 4.74 Å². The van der Waals surface area contributed by atoms with E-state index in [1.54, 1.807) is 35.2 Å². The van der Waals surface area contributed by atoms with Crippen molar-refractivity contribution in [1.29, 1.82) is 0 Å². The predicted molar refractivity (Wildman–Crippen MR) is 104 cm³/mol. The van der Waals surface area contributed by atoms with E-state index in [9.17, 15) is 4.79 Å². The van der Waals surface area contributed by atoms with Crippen molar-refractivity contribution in [1.82, 2.24) is 19.5 Å². The molecule has 1 fully saturated rings. The summed E-state index contributed by atoms with van der Waals surface area (Å²) in [5, 5.41) is 12.3. The molecule has 1 saturated heterocycles. The van der Waals surface area contributed by atoms with Gasteiger partial charge < -0.3 is 20.1 Å². The van der Waals surface area contributed by atoms with Crippen molar-refractivity contribution in [3.05, 3.63) is 54.1 Å². The number of nitrogens with zero attached hydrogens (tertiary/aromatic N) is 5. The molecule has 0 aliphatic carbocycles. The van der Waals surface area contributed by atoms with Crippen molar-refractivity contribution < 1.29 is 14.6 Å². The number of aryl methyl sites for hydroxylation is 1. The Morgan fingerprint density at radius 2 is 1.93 bits per heavy atom. The van der Waals surface area contributed by atoms with Gasteiger partial charge in [0.15, 0.2) is 0 Å². The van der Waals surface area contributed by atoms with Crippen LogP contribution in [0.15, 0.2) is 42.9 Å². The van der Waals surface area contributed by atoms with Crippen molar-refractivity contribution in [3.63, 3.8) is 0 Å². The molecule has 1 aliphatic rings. The van der Waals surface area contributed by atoms with Gasteiger partial charge in [0.2, 0.25) is 5.95 Å². The van der Waals surface area contributed by atoms with E-state index in [-0.39, 0.29) is 5.56 Å². The van der Waals surface area contributed by atoms with Gasteiger partial charge in [0.25, 0.3) is 0 Å². The molecule has 3 heterocycles. The number of ether oxygens (including phenoxy) is 1. The maximum Gasteiger partial charge on any atom is 0.335 e. The molecule has 9 heteroatoms. The van der Waals surface area contributed by atoms with E-state index in [1.807, 2.05) is 19.2 Å². The van der Waals surface area contributed by atoms with Gasteiger partial charge in [0, 0.05) is 31.0 Å². The normalized spacial score (nSPS) is 14.1. The summed E-state index contributed by atoms with van der Waals surface area (Å²) in [4.78, 5) is 26.7. The van der Waals surface area contributed by atoms with Crippen molar-refractivity contribution in [2.24, 2.45) is 0 Å². The zero-order valence-electron chi connectivity index (χ0n) is 15.4. The zero-order valence-corrected chi connectivity index (χ0v) is 15.4. The van der Waals surface area contributed by atoms with E-state index in [0.717, 1.165) is 30.3 Å². The molecular weight excluding hydrogens is 360 g/mol. The number of aromatic nitrogens is 4. The smallest absolute Gasteiger partial charge is 0.335 e. The van der Waals surface area contributed by atoms with Crippen LogP contribution in [0.3, 0.4) is 0 Å². The van der Waals surface area contributed by atoms with Crippen LogP contribution >= 0.6 is 0 Å². The maximum atomic E-state index is 11.0. The van der Waals surface area contributed by atoms with Gasteiger partial charge in [-0.1, -0.05) is 0 Å². The third-order valence-electron chi connectivity index (χ3n) is 4.38. The highest BCUT2D eigenvalue weighted by Gasteiger charge is 2.16. The highest BCUT2D eigenvalue weighted by atomic mass is 16.5. The van der Waals surface area contributed by atoms with Crippen molar-refractivity contribution in [2.45, 2.75) is 6.92 Å². The maximum absolute atomic E-state index is 11.0. The quantitative estimate of drug-likeness (QED) is 0.694. The predicted octanol–water partition coefficient (Wildman–Crippen LogP) is 2.25. The van der Waals surface area contributed by atoms with Gasteiger partial charge in [-0.3, -0.25) is 4.57 Å². The van der Waals surface area contributed by atoms with E-state index in [2.05, 4.69) is 25.2 Å². The fourth-order valence-electron chi connectivity index (χ4n) is 2.93. The molecule has 9 nitrogen and oxygen atoms in total. The lowest BCUT2D eigenvalue weighted by molar-refractivity contribution is 0.0697. The Hall–Kier alpha value is -3.46. The first-order valence-corrected chi connectivity index (χ1v) is 8.91. The lowest BCUT2D eigenvalue weighted by Crippen LogP contribution is -2.37. The standard InChI is InChI=1S/C19H20N6O3/c1-13-11-25(12-20-13)19-22-16(10-17(23-19)24-6-8-28-9-7-24)21-15-4-2-14(3-5-15)18(26)27/h2-5,10-12H,6-9H2,1H3,(H,26,27)(H,21,22,23). The number of anilines is 3. The lowest BCUT2D eigenvalue weighted by atomic mass is 10.2. The van der Waals surface area contributed by atoms with Crippen LogP contribution in [0.25, 0.3) is 5.95 Å². The minimum absolute atomic E-state index is 0.233. The van der Waals surface area contributed by atoms with Crippen molar-refractivity contribution in [2.75, 3.05) is 36.5 Å². The summed E-state index contributed by atoms with van der Waals surface area (Å²) in [6.45, 7) is 4.73. The molecule has 4 rings (SSSR count). The molecule has 144 valence electrons. The lowest BCUT2D eigenvalue weighted by Gasteiger charge is -2.28. The number of nitrogens with one attached hydrogen (secondary N) is 1. The summed E-state index contributed by atoms with van der Waals surface area (Å²) in [5.74, 6) is 0.959. The molecule has 2 aromatic heterocycles. The highest BCUT2D eigenvalue weighted by molar-refractivity contribution is 5.88. The highest BCUT2D eigenvalue weighted by Crippen LogP contribution is 2.22. The summed E-state index contributed by atoms with van der Waals surface area (Å²) < 4.78 is 7.21. The van der Waals surface area contributed by atoms with Gasteiger partial charge in [0.1, 0.15) is 18.0 Å². The van der Waals surface area contributed by atoms with Crippen LogP contribution in [0.1, 0.15) is 16.1 Å². The molecule has 3 aromatic rings. The average molecular weight is 380 g/mol. The molecule has 1 aromatic carbocycles. The molecule has 0 saturated carbocycles. The molecule has 1 aliphatic heterocycles. The van der Waals surface area contributed by atoms with E-state index < -0.39 is 5.97 Å². The van der Waals surface area contributed by atoms with Gasteiger partial charge in [-0.25, -0.2) is 9.78 Å². The second kappa shape index (κ2) is 7.65. The first-order valence-electron chi connectivity index (χ1n) is 8.91. The molecule has 0 amide bonds. The number of morpholine rings is 1. The van der Waals surface area contributed by atoms with Crippen LogP contribution in [0, 0.1) is 6.92 Å². The van der Waals surface area contributed by atoms with Crippen molar-refractivity contribution in [3.8, 4) is 5.95 Å². The molecule has 28 heavy (non-hydrogen) atoms. The number of carbonyl (C=O) groups is 1. The zero-order chi connectivity index (χ0) is 19.5. The van der Waals surface area contributed by atoms with E-state index in [0.29, 0.717) is 25.0 Å². The molecule has 0 bridgehead atoms. The fraction of sp³-hybridized carbons (Fsp3) is 0.263. The first kappa shape index (κ1) is 17.9. The van der Waals surface area contributed by atoms with E-state index in [4.69, 9.17) is 9.84 Å². The first-order chi connectivity index (χ1) is 13.6. The number of benzene rings is 1. The van der Waals surface area contributed by atoms with Crippen LogP contribution in [0.4, 0.5) is 17.3 Å². The number of hydrogen-bond acceptors (Lipinski definition) is 7. The summed E-state index contributed by atoms with van der Waals surface area (Å²) in [7, 11) is 0. The average Bonchev–Trinajstić information content (AvgIpc) is 3.15. The third-order valence-corrected chi connectivity index (χ3v) is 4.38. The minimum Gasteiger partial charge on any atom is -0.478 e. The monoisotopic (exact) mass is 380 g/mol. The Morgan fingerprint density at radius 3 is 2.57 bits per heavy atom. The largest absolute Gasteiger partial charge is 0.478 e. The molecule has 0 spiro atoms. The summed E-state index contributed by atoms with van der Waals surface area (Å²) in [6, 6.07) is 8.40. The third kappa shape index (κ3) is 3.94. The van der Waals surface area contributed by atoms with Crippen LogP contribution in [0.5, 0.6) is 0 Å². The number of rotatable bonds is 5. The summed E-state index contributed by atoms with van der Waals surface area (Å²) in [5.41, 5.74) is 1.85. The molecule has 0 atom stereocenters. The number of aromatic carboxylic acids is 1. The molecule has 2 N–H and O–H groups in total. The van der Waals surface area contributed by atoms with Crippen LogP contribution < -0.4 is 10.2 Å². The summed E-state index contributed by atoms with van der Waals surface area (Å²) in [6.07, 6.45) is 3.54. The Labute approximate surface area is 161 Å². The van der Waals surface area contributed by atoms with Crippen LogP contribution in [-0.4, -0.2) is 56.9 Å². The van der Waals surface area contributed by atoms with E-state index >= 15 is 0 Å². The number of carboxylic acids is 1. The van der Waals surface area contributed by atoms with E-state index in [1.165, 1.54) is 0 Å². The van der Waals surface area contributed by atoms with Gasteiger partial charge in [0.05, 0.1) is 24.5 Å². The topological polar surface area (TPSA) is 105 Å². The Kier molecular flexibility index (Phi) is 4.90. The van der Waals surface area contributed by atoms with Gasteiger partial charge in [-0.2, -0.15) is 9.97 Å². The second-order valence-electron chi connectivity index (χ2n) is 6.44. The minimum atomic E-state index is -0.957. The second-order valence-corrected chi connectivity index (χ2v) is 6.44. The molecule has 0 radical (unpaired) electrons. The van der Waals surface area contributed by atoms with Gasteiger partial charge in [-0.15, -0.1) is 0 Å². The number of hydrogen-bond donors (Lipinski definition) is 2. The fourth-order valence-corrected chi connectivity index (χ4v) is 2.93. The SMILES string of the molecule is Cc1cn(-c2nc(Nc3ccc(C(=O)O)cc3)cc(N3CCOCC3)n2)cn1.